The van der Waals surface area contributed by atoms with E-state index in [0.717, 1.165) is 5.69 Å². The van der Waals surface area contributed by atoms with Gasteiger partial charge in [-0.15, -0.1) is 5.10 Å². The lowest BCUT2D eigenvalue weighted by Gasteiger charge is -2.14. The molecular weight excluding hydrogens is 131 g/mol. The summed E-state index contributed by atoms with van der Waals surface area (Å²) in [6, 6.07) is 1.42. The van der Waals surface area contributed by atoms with Crippen molar-refractivity contribution in [1.29, 1.82) is 0 Å². The summed E-state index contributed by atoms with van der Waals surface area (Å²) in [6.45, 7) is 6.00. The first kappa shape index (κ1) is 7.25. The fourth-order valence-electron chi connectivity index (χ4n) is 0.681. The van der Waals surface area contributed by atoms with E-state index in [1.165, 1.54) is 6.07 Å². The Bertz CT molecular complexity index is 222. The van der Waals surface area contributed by atoms with Gasteiger partial charge in [0.15, 0.2) is 0 Å². The van der Waals surface area contributed by atoms with Gasteiger partial charge in [0.1, 0.15) is 0 Å². The van der Waals surface area contributed by atoms with Crippen molar-refractivity contribution >= 4 is 0 Å². The van der Waals surface area contributed by atoms with Crippen LogP contribution in [0, 0.1) is 5.95 Å². The van der Waals surface area contributed by atoms with Crippen LogP contribution in [0.1, 0.15) is 26.5 Å². The first-order valence-corrected chi connectivity index (χ1v) is 3.21. The highest BCUT2D eigenvalue weighted by molar-refractivity contribution is 5.10. The highest BCUT2D eigenvalue weighted by Gasteiger charge is 2.16. The molecule has 0 spiro atoms. The van der Waals surface area contributed by atoms with Crippen molar-refractivity contribution in [3.05, 3.63) is 17.7 Å². The number of H-pyrrole nitrogens is 1. The number of rotatable bonds is 0. The molecule has 0 unspecified atom stereocenters. The molecule has 0 aliphatic rings. The summed E-state index contributed by atoms with van der Waals surface area (Å²) >= 11 is 0. The standard InChI is InChI=1S/C7H11FN2/c1-7(2,3)5-4-6(8)10-9-5/h4H,1-3H3,(H,9,10). The summed E-state index contributed by atoms with van der Waals surface area (Å²) in [5.41, 5.74) is 0.780. The van der Waals surface area contributed by atoms with Crippen molar-refractivity contribution < 1.29 is 4.39 Å². The summed E-state index contributed by atoms with van der Waals surface area (Å²) < 4.78 is 12.3. The van der Waals surface area contributed by atoms with E-state index in [-0.39, 0.29) is 5.41 Å². The van der Waals surface area contributed by atoms with E-state index in [1.807, 2.05) is 20.8 Å². The van der Waals surface area contributed by atoms with Crippen LogP contribution in [0.25, 0.3) is 0 Å². The van der Waals surface area contributed by atoms with Crippen LogP contribution in [-0.2, 0) is 5.41 Å². The number of halogens is 1. The van der Waals surface area contributed by atoms with Crippen LogP contribution in [-0.4, -0.2) is 10.2 Å². The molecule has 3 heteroatoms. The van der Waals surface area contributed by atoms with Crippen molar-refractivity contribution in [2.45, 2.75) is 26.2 Å². The Morgan fingerprint density at radius 2 is 2.10 bits per heavy atom. The molecule has 0 saturated heterocycles. The number of hydrogen-bond acceptors (Lipinski definition) is 1. The fraction of sp³-hybridized carbons (Fsp3) is 0.571. The zero-order valence-electron chi connectivity index (χ0n) is 6.40. The SMILES string of the molecule is CC(C)(C)c1cc(F)n[nH]1. The van der Waals surface area contributed by atoms with E-state index in [9.17, 15) is 4.39 Å². The summed E-state index contributed by atoms with van der Waals surface area (Å²) in [4.78, 5) is 0. The van der Waals surface area contributed by atoms with E-state index in [2.05, 4.69) is 10.2 Å². The van der Waals surface area contributed by atoms with Gasteiger partial charge in [-0.2, -0.15) is 4.39 Å². The first-order chi connectivity index (χ1) is 4.50. The number of aromatic nitrogens is 2. The minimum atomic E-state index is -0.440. The van der Waals surface area contributed by atoms with E-state index in [4.69, 9.17) is 0 Å². The van der Waals surface area contributed by atoms with Crippen LogP contribution < -0.4 is 0 Å². The van der Waals surface area contributed by atoms with Gasteiger partial charge in [0, 0.05) is 17.2 Å². The van der Waals surface area contributed by atoms with Crippen molar-refractivity contribution in [3.63, 3.8) is 0 Å². The topological polar surface area (TPSA) is 28.7 Å². The molecule has 10 heavy (non-hydrogen) atoms. The molecular formula is C7H11FN2. The molecule has 2 nitrogen and oxygen atoms in total. The molecule has 1 aromatic rings. The molecule has 1 aromatic heterocycles. The Balaban J connectivity index is 2.96. The molecule has 1 heterocycles. The van der Waals surface area contributed by atoms with Crippen molar-refractivity contribution in [2.75, 3.05) is 0 Å². The molecule has 0 bridgehead atoms. The Morgan fingerprint density at radius 1 is 1.50 bits per heavy atom. The Labute approximate surface area is 59.5 Å². The van der Waals surface area contributed by atoms with Gasteiger partial charge in [-0.3, -0.25) is 5.10 Å². The predicted octanol–water partition coefficient (Wildman–Crippen LogP) is 1.85. The van der Waals surface area contributed by atoms with Gasteiger partial charge in [0.05, 0.1) is 0 Å². The Morgan fingerprint density at radius 3 is 2.30 bits per heavy atom. The highest BCUT2D eigenvalue weighted by Crippen LogP contribution is 2.19. The van der Waals surface area contributed by atoms with E-state index in [0.29, 0.717) is 0 Å². The third-order valence-electron chi connectivity index (χ3n) is 1.35. The molecule has 56 valence electrons. The number of nitrogens with zero attached hydrogens (tertiary/aromatic N) is 1. The van der Waals surface area contributed by atoms with Crippen LogP contribution in [0.3, 0.4) is 0 Å². The second-order valence-corrected chi connectivity index (χ2v) is 3.35. The Kier molecular flexibility index (Phi) is 1.50. The van der Waals surface area contributed by atoms with Crippen LogP contribution in [0.5, 0.6) is 0 Å². The van der Waals surface area contributed by atoms with E-state index in [1.54, 1.807) is 0 Å². The van der Waals surface area contributed by atoms with Crippen LogP contribution in [0.2, 0.25) is 0 Å². The van der Waals surface area contributed by atoms with Crippen molar-refractivity contribution in [2.24, 2.45) is 0 Å². The van der Waals surface area contributed by atoms with Crippen LogP contribution in [0.15, 0.2) is 6.07 Å². The molecule has 0 aliphatic carbocycles. The number of aromatic amines is 1. The summed E-state index contributed by atoms with van der Waals surface area (Å²) in [5, 5.41) is 6.01. The molecule has 0 amide bonds. The first-order valence-electron chi connectivity index (χ1n) is 3.21. The van der Waals surface area contributed by atoms with Gasteiger partial charge >= 0.3 is 0 Å². The van der Waals surface area contributed by atoms with Crippen molar-refractivity contribution in [3.8, 4) is 0 Å². The second-order valence-electron chi connectivity index (χ2n) is 3.35. The van der Waals surface area contributed by atoms with Crippen molar-refractivity contribution in [1.82, 2.24) is 10.2 Å². The lowest BCUT2D eigenvalue weighted by molar-refractivity contribution is 0.565. The lowest BCUT2D eigenvalue weighted by atomic mass is 9.93. The van der Waals surface area contributed by atoms with E-state index < -0.39 is 5.95 Å². The third kappa shape index (κ3) is 1.35. The fourth-order valence-corrected chi connectivity index (χ4v) is 0.681. The van der Waals surface area contributed by atoms with E-state index >= 15 is 0 Å². The molecule has 0 aromatic carbocycles. The van der Waals surface area contributed by atoms with Crippen LogP contribution in [0.4, 0.5) is 4.39 Å². The van der Waals surface area contributed by atoms with Gasteiger partial charge in [0.2, 0.25) is 5.95 Å². The maximum absolute atomic E-state index is 12.3. The smallest absolute Gasteiger partial charge is 0.232 e. The zero-order chi connectivity index (χ0) is 7.78. The van der Waals surface area contributed by atoms with Gasteiger partial charge < -0.3 is 0 Å². The average molecular weight is 142 g/mol. The largest absolute Gasteiger partial charge is 0.279 e. The minimum absolute atomic E-state index is 0.0443. The van der Waals surface area contributed by atoms with Crippen LogP contribution >= 0.6 is 0 Å². The molecule has 0 saturated carbocycles. The molecule has 0 radical (unpaired) electrons. The average Bonchev–Trinajstić information content (AvgIpc) is 2.11. The highest BCUT2D eigenvalue weighted by atomic mass is 19.1. The summed E-state index contributed by atoms with van der Waals surface area (Å²) in [5.74, 6) is -0.440. The minimum Gasteiger partial charge on any atom is -0.279 e. The quantitative estimate of drug-likeness (QED) is 0.588. The maximum Gasteiger partial charge on any atom is 0.232 e. The summed E-state index contributed by atoms with van der Waals surface area (Å²) in [6.07, 6.45) is 0. The normalized spacial score (nSPS) is 12.0. The molecule has 1 N–H and O–H groups in total. The number of nitrogens with one attached hydrogen (secondary N) is 1. The maximum atomic E-state index is 12.3. The zero-order valence-corrected chi connectivity index (χ0v) is 6.40. The molecule has 1 rings (SSSR count). The lowest BCUT2D eigenvalue weighted by Crippen LogP contribution is -2.11. The second kappa shape index (κ2) is 2.08. The van der Waals surface area contributed by atoms with Gasteiger partial charge in [-0.25, -0.2) is 0 Å². The number of hydrogen-bond donors (Lipinski definition) is 1. The third-order valence-corrected chi connectivity index (χ3v) is 1.35. The molecule has 0 aliphatic heterocycles. The Hall–Kier alpha value is -0.860. The molecule has 0 atom stereocenters. The van der Waals surface area contributed by atoms with Gasteiger partial charge in [-0.1, -0.05) is 20.8 Å². The summed E-state index contributed by atoms with van der Waals surface area (Å²) in [7, 11) is 0. The monoisotopic (exact) mass is 142 g/mol. The van der Waals surface area contributed by atoms with Gasteiger partial charge in [0.25, 0.3) is 0 Å². The predicted molar refractivity (Wildman–Crippen MR) is 37.2 cm³/mol. The molecule has 0 fully saturated rings. The van der Waals surface area contributed by atoms with Gasteiger partial charge in [-0.05, 0) is 0 Å².